The Morgan fingerprint density at radius 3 is 2.58 bits per heavy atom. The summed E-state index contributed by atoms with van der Waals surface area (Å²) in [4.78, 5) is 31.1. The summed E-state index contributed by atoms with van der Waals surface area (Å²) in [6.45, 7) is 4.99. The van der Waals surface area contributed by atoms with Gasteiger partial charge in [0.25, 0.3) is 11.8 Å². The van der Waals surface area contributed by atoms with Gasteiger partial charge in [-0.15, -0.1) is 0 Å². The van der Waals surface area contributed by atoms with E-state index in [4.69, 9.17) is 10.2 Å². The molecular formula is C25H23N5O3. The predicted molar refractivity (Wildman–Crippen MR) is 126 cm³/mol. The number of nitrogens with two attached hydrogens (primary N) is 1. The van der Waals surface area contributed by atoms with E-state index >= 15 is 0 Å². The quantitative estimate of drug-likeness (QED) is 0.286. The third kappa shape index (κ3) is 3.31. The number of carbonyl (C=O) groups is 2. The highest BCUT2D eigenvalue weighted by Crippen LogP contribution is 2.40. The molecule has 0 radical (unpaired) electrons. The molecule has 4 aromatic rings. The maximum absolute atomic E-state index is 12.7. The Morgan fingerprint density at radius 2 is 1.79 bits per heavy atom. The number of piperazine rings is 1. The van der Waals surface area contributed by atoms with Crippen LogP contribution in [-0.4, -0.2) is 47.9 Å². The molecule has 0 atom stereocenters. The van der Waals surface area contributed by atoms with Crippen LogP contribution in [0.15, 0.2) is 53.1 Å². The molecule has 0 saturated carbocycles. The Labute approximate surface area is 189 Å². The van der Waals surface area contributed by atoms with Crippen LogP contribution in [0.2, 0.25) is 0 Å². The third-order valence-corrected chi connectivity index (χ3v) is 6.43. The van der Waals surface area contributed by atoms with Crippen molar-refractivity contribution in [3.8, 4) is 22.6 Å². The molecule has 5 N–H and O–H groups in total. The molecule has 2 aliphatic rings. The number of carbonyl (C=O) groups excluding carboxylic acids is 2. The van der Waals surface area contributed by atoms with Gasteiger partial charge in [-0.1, -0.05) is 6.07 Å². The number of nitrogens with one attached hydrogen (secondary N) is 3. The summed E-state index contributed by atoms with van der Waals surface area (Å²) in [7, 11) is 0. The lowest BCUT2D eigenvalue weighted by Crippen LogP contribution is -2.42. The number of aromatic amines is 1. The van der Waals surface area contributed by atoms with Crippen molar-refractivity contribution in [1.82, 2.24) is 20.5 Å². The lowest BCUT2D eigenvalue weighted by Gasteiger charge is -2.27. The fourth-order valence-electron chi connectivity index (χ4n) is 4.80. The first-order valence-corrected chi connectivity index (χ1v) is 11.0. The van der Waals surface area contributed by atoms with Crippen molar-refractivity contribution in [2.24, 2.45) is 0 Å². The number of hydrogen-bond acceptors (Lipinski definition) is 6. The number of rotatable bonds is 4. The second-order valence-corrected chi connectivity index (χ2v) is 8.53. The standard InChI is InChI=1S/C25H23N5O3/c26-23-17(20-2-1-9-33-20)12-16(21-22(23)25(32)29-24(21)31)19-11-15-10-14(3-4-18(15)28-19)13-30-7-5-27-6-8-30/h1-4,9-12,27-28H,5-8,13,26H2,(H,29,31,32). The second-order valence-electron chi connectivity index (χ2n) is 8.53. The maximum atomic E-state index is 12.7. The largest absolute Gasteiger partial charge is 0.464 e. The van der Waals surface area contributed by atoms with Gasteiger partial charge in [-0.2, -0.15) is 0 Å². The first-order valence-electron chi connectivity index (χ1n) is 11.0. The van der Waals surface area contributed by atoms with E-state index in [1.165, 1.54) is 5.56 Å². The van der Waals surface area contributed by atoms with E-state index in [1.54, 1.807) is 18.4 Å². The van der Waals surface area contributed by atoms with Crippen molar-refractivity contribution in [2.45, 2.75) is 6.54 Å². The number of benzene rings is 2. The normalized spacial score (nSPS) is 16.4. The van der Waals surface area contributed by atoms with Gasteiger partial charge in [-0.25, -0.2) is 0 Å². The number of amides is 2. The van der Waals surface area contributed by atoms with Gasteiger partial charge in [-0.3, -0.25) is 19.8 Å². The van der Waals surface area contributed by atoms with Crippen LogP contribution in [0.3, 0.4) is 0 Å². The Balaban J connectivity index is 1.46. The molecule has 0 bridgehead atoms. The number of hydrogen-bond donors (Lipinski definition) is 4. The van der Waals surface area contributed by atoms with Crippen molar-refractivity contribution in [3.63, 3.8) is 0 Å². The van der Waals surface area contributed by atoms with Crippen LogP contribution in [0.4, 0.5) is 5.69 Å². The highest BCUT2D eigenvalue weighted by Gasteiger charge is 2.34. The molecular weight excluding hydrogens is 418 g/mol. The number of nitrogens with zero attached hydrogens (tertiary/aromatic N) is 1. The minimum Gasteiger partial charge on any atom is -0.464 e. The van der Waals surface area contributed by atoms with Gasteiger partial charge in [0.15, 0.2) is 0 Å². The zero-order valence-electron chi connectivity index (χ0n) is 17.9. The maximum Gasteiger partial charge on any atom is 0.261 e. The van der Waals surface area contributed by atoms with Crippen molar-refractivity contribution >= 4 is 28.4 Å². The molecule has 2 aliphatic heterocycles. The smallest absolute Gasteiger partial charge is 0.261 e. The van der Waals surface area contributed by atoms with Crippen LogP contribution in [0.1, 0.15) is 26.3 Å². The molecule has 0 spiro atoms. The van der Waals surface area contributed by atoms with Gasteiger partial charge in [0.1, 0.15) is 5.76 Å². The van der Waals surface area contributed by atoms with E-state index in [9.17, 15) is 9.59 Å². The van der Waals surface area contributed by atoms with Crippen LogP contribution >= 0.6 is 0 Å². The van der Waals surface area contributed by atoms with Gasteiger partial charge >= 0.3 is 0 Å². The van der Waals surface area contributed by atoms with Crippen LogP contribution in [-0.2, 0) is 6.54 Å². The molecule has 4 heterocycles. The summed E-state index contributed by atoms with van der Waals surface area (Å²) in [5.74, 6) is -0.393. The summed E-state index contributed by atoms with van der Waals surface area (Å²) in [5.41, 5.74) is 11.2. The fraction of sp³-hybridized carbons (Fsp3) is 0.200. The van der Waals surface area contributed by atoms with E-state index in [0.717, 1.165) is 49.3 Å². The van der Waals surface area contributed by atoms with Crippen LogP contribution in [0, 0.1) is 0 Å². The Bertz CT molecular complexity index is 1400. The molecule has 1 saturated heterocycles. The van der Waals surface area contributed by atoms with E-state index in [-0.39, 0.29) is 11.3 Å². The minimum absolute atomic E-state index is 0.196. The van der Waals surface area contributed by atoms with Crippen LogP contribution in [0.5, 0.6) is 0 Å². The second kappa shape index (κ2) is 7.61. The van der Waals surface area contributed by atoms with Gasteiger partial charge in [0.2, 0.25) is 0 Å². The summed E-state index contributed by atoms with van der Waals surface area (Å²) in [6.07, 6.45) is 1.55. The van der Waals surface area contributed by atoms with Crippen molar-refractivity contribution < 1.29 is 14.0 Å². The molecule has 33 heavy (non-hydrogen) atoms. The predicted octanol–water partition coefficient (Wildman–Crippen LogP) is 2.97. The van der Waals surface area contributed by atoms with E-state index < -0.39 is 11.8 Å². The Kier molecular flexibility index (Phi) is 4.56. The average Bonchev–Trinajstić information content (AvgIpc) is 3.54. The van der Waals surface area contributed by atoms with Crippen molar-refractivity contribution in [3.05, 3.63) is 65.4 Å². The fourth-order valence-corrected chi connectivity index (χ4v) is 4.80. The van der Waals surface area contributed by atoms with Crippen molar-refractivity contribution in [1.29, 1.82) is 0 Å². The van der Waals surface area contributed by atoms with E-state index in [2.05, 4.69) is 38.7 Å². The topological polar surface area (TPSA) is 116 Å². The summed E-state index contributed by atoms with van der Waals surface area (Å²) >= 11 is 0. The van der Waals surface area contributed by atoms with Gasteiger partial charge in [0.05, 0.1) is 23.1 Å². The number of anilines is 1. The number of aromatic nitrogens is 1. The van der Waals surface area contributed by atoms with Crippen molar-refractivity contribution in [2.75, 3.05) is 31.9 Å². The minimum atomic E-state index is -0.489. The third-order valence-electron chi connectivity index (χ3n) is 6.43. The molecule has 2 aromatic heterocycles. The Morgan fingerprint density at radius 1 is 0.970 bits per heavy atom. The molecule has 8 heteroatoms. The summed E-state index contributed by atoms with van der Waals surface area (Å²) in [6, 6.07) is 13.7. The van der Waals surface area contributed by atoms with Gasteiger partial charge < -0.3 is 20.5 Å². The zero-order chi connectivity index (χ0) is 22.5. The summed E-state index contributed by atoms with van der Waals surface area (Å²) in [5, 5.41) is 6.81. The van der Waals surface area contributed by atoms with E-state index in [1.807, 2.05) is 12.1 Å². The molecule has 6 rings (SSSR count). The number of nitrogen functional groups attached to an aromatic ring is 1. The van der Waals surface area contributed by atoms with Crippen LogP contribution < -0.4 is 16.4 Å². The molecule has 166 valence electrons. The average molecular weight is 441 g/mol. The van der Waals surface area contributed by atoms with E-state index in [0.29, 0.717) is 22.5 Å². The number of H-pyrrole nitrogens is 1. The molecule has 8 nitrogen and oxygen atoms in total. The van der Waals surface area contributed by atoms with Gasteiger partial charge in [-0.05, 0) is 42.0 Å². The molecule has 0 aliphatic carbocycles. The van der Waals surface area contributed by atoms with Crippen LogP contribution in [0.25, 0.3) is 33.5 Å². The molecule has 0 unspecified atom stereocenters. The lowest BCUT2D eigenvalue weighted by molar-refractivity contribution is 0.0880. The zero-order valence-corrected chi connectivity index (χ0v) is 17.9. The summed E-state index contributed by atoms with van der Waals surface area (Å²) < 4.78 is 5.54. The lowest BCUT2D eigenvalue weighted by atomic mass is 9.93. The number of fused-ring (bicyclic) bond motifs is 2. The van der Waals surface area contributed by atoms with Gasteiger partial charge in [0, 0.05) is 60.4 Å². The monoisotopic (exact) mass is 441 g/mol. The Hall–Kier alpha value is -3.88. The SMILES string of the molecule is Nc1c(-c2ccco2)cc(-c2cc3cc(CN4CCNCC4)ccc3[nH]2)c2c1C(=O)NC2=O. The number of furan rings is 1. The highest BCUT2D eigenvalue weighted by molar-refractivity contribution is 6.27. The molecule has 1 fully saturated rings. The number of imide groups is 1. The highest BCUT2D eigenvalue weighted by atomic mass is 16.3. The molecule has 2 amide bonds. The first-order chi connectivity index (χ1) is 16.1. The molecule has 2 aromatic carbocycles. The first kappa shape index (κ1) is 19.8.